The lowest BCUT2D eigenvalue weighted by molar-refractivity contribution is 0.190. The predicted molar refractivity (Wildman–Crippen MR) is 82.1 cm³/mol. The van der Waals surface area contributed by atoms with Gasteiger partial charge < -0.3 is 14.6 Å². The minimum atomic E-state index is -0.573. The van der Waals surface area contributed by atoms with E-state index in [2.05, 4.69) is 15.9 Å². The maximum Gasteiger partial charge on any atom is 0.126 e. The van der Waals surface area contributed by atoms with Gasteiger partial charge in [0.05, 0.1) is 13.2 Å². The molecule has 106 valence electrons. The van der Waals surface area contributed by atoms with E-state index < -0.39 is 6.10 Å². The second kappa shape index (κ2) is 6.77. The molecule has 0 aliphatic heterocycles. The quantitative estimate of drug-likeness (QED) is 0.893. The molecule has 20 heavy (non-hydrogen) atoms. The lowest BCUT2D eigenvalue weighted by Gasteiger charge is -2.15. The Morgan fingerprint density at radius 1 is 1.15 bits per heavy atom. The van der Waals surface area contributed by atoms with Crippen molar-refractivity contribution >= 4 is 15.9 Å². The van der Waals surface area contributed by atoms with E-state index in [0.717, 1.165) is 21.3 Å². The monoisotopic (exact) mass is 336 g/mol. The first-order chi connectivity index (χ1) is 9.61. The van der Waals surface area contributed by atoms with E-state index in [0.29, 0.717) is 12.4 Å². The van der Waals surface area contributed by atoms with E-state index in [1.807, 2.05) is 42.5 Å². The van der Waals surface area contributed by atoms with Crippen molar-refractivity contribution < 1.29 is 14.6 Å². The summed E-state index contributed by atoms with van der Waals surface area (Å²) in [6.07, 6.45) is -0.573. The molecule has 0 unspecified atom stereocenters. The van der Waals surface area contributed by atoms with Gasteiger partial charge in [-0.2, -0.15) is 0 Å². The van der Waals surface area contributed by atoms with Crippen LogP contribution < -0.4 is 9.47 Å². The number of ether oxygens (including phenoxy) is 2. The molecule has 4 heteroatoms. The zero-order valence-corrected chi connectivity index (χ0v) is 13.1. The minimum Gasteiger partial charge on any atom is -0.496 e. The molecular weight excluding hydrogens is 320 g/mol. The molecule has 0 radical (unpaired) electrons. The van der Waals surface area contributed by atoms with Gasteiger partial charge in [0.15, 0.2) is 0 Å². The van der Waals surface area contributed by atoms with Crippen LogP contribution in [0, 0.1) is 0 Å². The minimum absolute atomic E-state index is 0.389. The fourth-order valence-electron chi connectivity index (χ4n) is 1.96. The molecule has 0 aliphatic carbocycles. The molecule has 1 N–H and O–H groups in total. The fourth-order valence-corrected chi connectivity index (χ4v) is 2.30. The Kier molecular flexibility index (Phi) is 5.04. The van der Waals surface area contributed by atoms with Crippen molar-refractivity contribution in [2.75, 3.05) is 7.11 Å². The van der Waals surface area contributed by atoms with Crippen LogP contribution in [0.3, 0.4) is 0 Å². The molecule has 2 aromatic carbocycles. The Morgan fingerprint density at radius 3 is 2.60 bits per heavy atom. The van der Waals surface area contributed by atoms with Crippen LogP contribution >= 0.6 is 15.9 Å². The van der Waals surface area contributed by atoms with Crippen LogP contribution in [0.25, 0.3) is 0 Å². The molecule has 0 fully saturated rings. The second-order valence-electron chi connectivity index (χ2n) is 4.46. The van der Waals surface area contributed by atoms with Gasteiger partial charge in [0.2, 0.25) is 0 Å². The molecule has 3 nitrogen and oxygen atoms in total. The van der Waals surface area contributed by atoms with E-state index in [4.69, 9.17) is 9.47 Å². The van der Waals surface area contributed by atoms with Gasteiger partial charge in [-0.05, 0) is 25.1 Å². The lowest BCUT2D eigenvalue weighted by Crippen LogP contribution is -2.02. The number of aliphatic hydroxyl groups is 1. The predicted octanol–water partition coefficient (Wildman–Crippen LogP) is 4.09. The molecule has 0 heterocycles. The Hall–Kier alpha value is -1.52. The van der Waals surface area contributed by atoms with Crippen LogP contribution in [-0.2, 0) is 6.61 Å². The van der Waals surface area contributed by atoms with Crippen LogP contribution in [0.15, 0.2) is 46.9 Å². The highest BCUT2D eigenvalue weighted by molar-refractivity contribution is 9.10. The molecule has 1 atom stereocenters. The van der Waals surface area contributed by atoms with Gasteiger partial charge in [-0.25, -0.2) is 0 Å². The average Bonchev–Trinajstić information content (AvgIpc) is 2.45. The summed E-state index contributed by atoms with van der Waals surface area (Å²) in [6, 6.07) is 13.3. The molecule has 0 saturated carbocycles. The van der Waals surface area contributed by atoms with Crippen molar-refractivity contribution in [3.05, 3.63) is 58.1 Å². The van der Waals surface area contributed by atoms with Crippen molar-refractivity contribution in [1.82, 2.24) is 0 Å². The highest BCUT2D eigenvalue weighted by Gasteiger charge is 2.11. The zero-order chi connectivity index (χ0) is 14.5. The van der Waals surface area contributed by atoms with Crippen LogP contribution in [0.1, 0.15) is 24.2 Å². The Labute approximate surface area is 127 Å². The Morgan fingerprint density at radius 2 is 1.90 bits per heavy atom. The van der Waals surface area contributed by atoms with Crippen molar-refractivity contribution in [2.45, 2.75) is 19.6 Å². The topological polar surface area (TPSA) is 38.7 Å². The van der Waals surface area contributed by atoms with Gasteiger partial charge in [0, 0.05) is 15.6 Å². The molecular formula is C16H17BrO3. The van der Waals surface area contributed by atoms with Crippen molar-refractivity contribution in [2.24, 2.45) is 0 Å². The summed E-state index contributed by atoms with van der Waals surface area (Å²) in [6.45, 7) is 2.11. The van der Waals surface area contributed by atoms with Crippen molar-refractivity contribution in [1.29, 1.82) is 0 Å². The van der Waals surface area contributed by atoms with Crippen LogP contribution in [-0.4, -0.2) is 12.2 Å². The maximum absolute atomic E-state index is 9.77. The van der Waals surface area contributed by atoms with Gasteiger partial charge in [-0.3, -0.25) is 0 Å². The number of halogens is 1. The summed E-state index contributed by atoms with van der Waals surface area (Å²) >= 11 is 3.41. The third kappa shape index (κ3) is 3.52. The number of para-hydroxylation sites is 1. The summed E-state index contributed by atoms with van der Waals surface area (Å²) in [5.41, 5.74) is 1.73. The summed E-state index contributed by atoms with van der Waals surface area (Å²) < 4.78 is 12.0. The van der Waals surface area contributed by atoms with Gasteiger partial charge >= 0.3 is 0 Å². The van der Waals surface area contributed by atoms with Crippen LogP contribution in [0.2, 0.25) is 0 Å². The third-order valence-corrected chi connectivity index (χ3v) is 3.49. The standard InChI is InChI=1S/C16H17BrO3/c1-11(18)14-8-7-13(17)9-16(14)20-10-12-5-3-4-6-15(12)19-2/h3-9,11,18H,10H2,1-2H3/t11-/m0/s1. The fraction of sp³-hybridized carbons (Fsp3) is 0.250. The first-order valence-corrected chi connectivity index (χ1v) is 7.13. The number of hydrogen-bond acceptors (Lipinski definition) is 3. The largest absolute Gasteiger partial charge is 0.496 e. The SMILES string of the molecule is COc1ccccc1COc1cc(Br)ccc1[C@H](C)O. The third-order valence-electron chi connectivity index (χ3n) is 3.00. The maximum atomic E-state index is 9.77. The number of methoxy groups -OCH3 is 1. The van der Waals surface area contributed by atoms with Crippen molar-refractivity contribution in [3.8, 4) is 11.5 Å². The van der Waals surface area contributed by atoms with Gasteiger partial charge in [0.1, 0.15) is 18.1 Å². The van der Waals surface area contributed by atoms with E-state index >= 15 is 0 Å². The summed E-state index contributed by atoms with van der Waals surface area (Å²) in [7, 11) is 1.64. The highest BCUT2D eigenvalue weighted by Crippen LogP contribution is 2.30. The van der Waals surface area contributed by atoms with Crippen LogP contribution in [0.4, 0.5) is 0 Å². The molecule has 0 amide bonds. The molecule has 2 aromatic rings. The molecule has 0 spiro atoms. The van der Waals surface area contributed by atoms with E-state index in [9.17, 15) is 5.11 Å². The lowest BCUT2D eigenvalue weighted by atomic mass is 10.1. The summed E-state index contributed by atoms with van der Waals surface area (Å²) in [4.78, 5) is 0. The van der Waals surface area contributed by atoms with E-state index in [1.54, 1.807) is 14.0 Å². The summed E-state index contributed by atoms with van der Waals surface area (Å²) in [5, 5.41) is 9.77. The number of rotatable bonds is 5. The molecule has 0 bridgehead atoms. The van der Waals surface area contributed by atoms with Crippen LogP contribution in [0.5, 0.6) is 11.5 Å². The molecule has 2 rings (SSSR count). The van der Waals surface area contributed by atoms with Gasteiger partial charge in [0.25, 0.3) is 0 Å². The zero-order valence-electron chi connectivity index (χ0n) is 11.5. The molecule has 0 aliphatic rings. The first-order valence-electron chi connectivity index (χ1n) is 6.34. The smallest absolute Gasteiger partial charge is 0.126 e. The van der Waals surface area contributed by atoms with Gasteiger partial charge in [-0.1, -0.05) is 40.2 Å². The van der Waals surface area contributed by atoms with Gasteiger partial charge in [-0.15, -0.1) is 0 Å². The Balaban J connectivity index is 2.20. The number of aliphatic hydroxyl groups excluding tert-OH is 1. The Bertz CT molecular complexity index is 582. The number of benzene rings is 2. The normalized spacial score (nSPS) is 12.0. The van der Waals surface area contributed by atoms with E-state index in [-0.39, 0.29) is 0 Å². The summed E-state index contributed by atoms with van der Waals surface area (Å²) in [5.74, 6) is 1.46. The molecule has 0 aromatic heterocycles. The highest BCUT2D eigenvalue weighted by atomic mass is 79.9. The second-order valence-corrected chi connectivity index (χ2v) is 5.37. The van der Waals surface area contributed by atoms with E-state index in [1.165, 1.54) is 0 Å². The number of hydrogen-bond donors (Lipinski definition) is 1. The van der Waals surface area contributed by atoms with Crippen molar-refractivity contribution in [3.63, 3.8) is 0 Å². The molecule has 0 saturated heterocycles. The average molecular weight is 337 g/mol. The first kappa shape index (κ1) is 14.9.